The van der Waals surface area contributed by atoms with Crippen molar-refractivity contribution in [2.75, 3.05) is 0 Å². The summed E-state index contributed by atoms with van der Waals surface area (Å²) in [5.74, 6) is 0. The number of hydrogen-bond acceptors (Lipinski definition) is 3. The monoisotopic (exact) mass is 530 g/mol. The van der Waals surface area contributed by atoms with E-state index in [1.807, 2.05) is 11.3 Å². The van der Waals surface area contributed by atoms with Crippen molar-refractivity contribution in [1.82, 2.24) is 9.97 Å². The van der Waals surface area contributed by atoms with Gasteiger partial charge in [0.15, 0.2) is 0 Å². The normalized spacial score (nSPS) is 11.9. The molecule has 0 saturated carbocycles. The van der Waals surface area contributed by atoms with Gasteiger partial charge in [-0.3, -0.25) is 9.97 Å². The second kappa shape index (κ2) is 8.70. The maximum Gasteiger partial charge on any atom is 0.0971 e. The minimum Gasteiger partial charge on any atom is -0.252 e. The zero-order chi connectivity index (χ0) is 27.0. The van der Waals surface area contributed by atoms with E-state index in [0.717, 1.165) is 21.8 Å². The summed E-state index contributed by atoms with van der Waals surface area (Å²) in [4.78, 5) is 9.37. The highest BCUT2D eigenvalue weighted by Crippen LogP contribution is 2.43. The van der Waals surface area contributed by atoms with E-state index < -0.39 is 0 Å². The Balaban J connectivity index is 1.28. The molecule has 0 N–H and O–H groups in total. The lowest BCUT2D eigenvalue weighted by Crippen LogP contribution is -1.89. The van der Waals surface area contributed by atoms with Gasteiger partial charge in [-0.15, -0.1) is 11.3 Å². The minimum absolute atomic E-state index is 0.954. The zero-order valence-corrected chi connectivity index (χ0v) is 23.4. The molecule has 8 aromatic rings. The van der Waals surface area contributed by atoms with Crippen LogP contribution in [0.2, 0.25) is 0 Å². The summed E-state index contributed by atoms with van der Waals surface area (Å²) in [7, 11) is 0. The van der Waals surface area contributed by atoms with E-state index in [-0.39, 0.29) is 0 Å². The van der Waals surface area contributed by atoms with Crippen LogP contribution >= 0.6 is 11.3 Å². The Morgan fingerprint density at radius 1 is 0.475 bits per heavy atom. The van der Waals surface area contributed by atoms with Gasteiger partial charge < -0.3 is 0 Å². The average Bonchev–Trinajstić information content (AvgIpc) is 3.35. The predicted molar refractivity (Wildman–Crippen MR) is 173 cm³/mol. The molecule has 0 radical (unpaired) electrons. The molecular weight excluding hydrogens is 504 g/mol. The number of nitrogens with zero attached hydrogens (tertiary/aromatic N) is 2. The lowest BCUT2D eigenvalue weighted by molar-refractivity contribution is 1.31. The maximum absolute atomic E-state index is 4.70. The van der Waals surface area contributed by atoms with Crippen molar-refractivity contribution in [1.29, 1.82) is 0 Å². The number of fused-ring (bicyclic) bond motifs is 9. The van der Waals surface area contributed by atoms with Gasteiger partial charge in [0, 0.05) is 43.3 Å². The Morgan fingerprint density at radius 2 is 1.07 bits per heavy atom. The molecule has 190 valence electrons. The lowest BCUT2D eigenvalue weighted by atomic mass is 9.94. The van der Waals surface area contributed by atoms with Gasteiger partial charge in [0.05, 0.1) is 11.0 Å². The summed E-state index contributed by atoms with van der Waals surface area (Å²) in [5, 5.41) is 7.44. The van der Waals surface area contributed by atoms with Crippen LogP contribution in [-0.2, 0) is 0 Å². The van der Waals surface area contributed by atoms with Crippen molar-refractivity contribution in [3.63, 3.8) is 0 Å². The van der Waals surface area contributed by atoms with Crippen LogP contribution in [0, 0.1) is 20.8 Å². The Morgan fingerprint density at radius 3 is 1.82 bits per heavy atom. The van der Waals surface area contributed by atoms with Crippen molar-refractivity contribution in [3.8, 4) is 22.3 Å². The molecule has 0 saturated heterocycles. The Labute approximate surface area is 236 Å². The van der Waals surface area contributed by atoms with E-state index >= 15 is 0 Å². The number of hydrogen-bond donors (Lipinski definition) is 0. The van der Waals surface area contributed by atoms with Crippen LogP contribution in [0.25, 0.3) is 75.0 Å². The molecule has 0 unspecified atom stereocenters. The van der Waals surface area contributed by atoms with Gasteiger partial charge in [-0.1, -0.05) is 72.3 Å². The molecule has 2 aromatic heterocycles. The first kappa shape index (κ1) is 23.3. The molecule has 0 aliphatic rings. The molecule has 0 amide bonds. The molecule has 2 heterocycles. The molecule has 0 aliphatic heterocycles. The number of aryl methyl sites for hydroxylation is 3. The average molecular weight is 531 g/mol. The van der Waals surface area contributed by atoms with Crippen LogP contribution in [0.15, 0.2) is 103 Å². The first-order valence-corrected chi connectivity index (χ1v) is 14.5. The van der Waals surface area contributed by atoms with Crippen LogP contribution in [0.3, 0.4) is 0 Å². The topological polar surface area (TPSA) is 25.8 Å². The van der Waals surface area contributed by atoms with Crippen molar-refractivity contribution < 1.29 is 0 Å². The van der Waals surface area contributed by atoms with Crippen LogP contribution < -0.4 is 0 Å². The first-order chi connectivity index (χ1) is 19.5. The zero-order valence-electron chi connectivity index (χ0n) is 22.6. The molecule has 2 nitrogen and oxygen atoms in total. The SMILES string of the molecule is Cc1cc(C)c2sc3c(-c4ccc(-c5ccc6c(c5)c5ccccc5c5nccnc65)cc4)cc(C)cc3c2c1. The highest BCUT2D eigenvalue weighted by Gasteiger charge is 2.15. The van der Waals surface area contributed by atoms with E-state index in [1.54, 1.807) is 12.4 Å². The van der Waals surface area contributed by atoms with Crippen molar-refractivity contribution in [3.05, 3.63) is 120 Å². The highest BCUT2D eigenvalue weighted by molar-refractivity contribution is 7.26. The molecule has 8 rings (SSSR count). The molecule has 0 aliphatic carbocycles. The van der Waals surface area contributed by atoms with Crippen LogP contribution in [0.4, 0.5) is 0 Å². The van der Waals surface area contributed by atoms with Gasteiger partial charge in [-0.25, -0.2) is 0 Å². The van der Waals surface area contributed by atoms with E-state index in [9.17, 15) is 0 Å². The summed E-state index contributed by atoms with van der Waals surface area (Å²) < 4.78 is 2.76. The largest absolute Gasteiger partial charge is 0.252 e. The van der Waals surface area contributed by atoms with Crippen molar-refractivity contribution >= 4 is 64.1 Å². The van der Waals surface area contributed by atoms with Gasteiger partial charge >= 0.3 is 0 Å². The summed E-state index contributed by atoms with van der Waals surface area (Å²) in [6, 6.07) is 33.6. The standard InChI is InChI=1S/C37H26N2S/c1-21-16-23(3)36-32(18-21)33-19-22(2)17-30(37(33)40-36)25-10-8-24(9-11-25)26-12-13-29-31(20-26)27-6-4-5-7-28(27)34-35(29)39-15-14-38-34/h4-20H,1-3H3. The number of aromatic nitrogens is 2. The van der Waals surface area contributed by atoms with Crippen LogP contribution in [0.5, 0.6) is 0 Å². The Kier molecular flexibility index (Phi) is 5.07. The maximum atomic E-state index is 4.70. The quantitative estimate of drug-likeness (QED) is 0.208. The Bertz CT molecular complexity index is 2260. The second-order valence-electron chi connectivity index (χ2n) is 10.9. The summed E-state index contributed by atoms with van der Waals surface area (Å²) in [6.45, 7) is 6.63. The number of thiophene rings is 1. The molecule has 0 bridgehead atoms. The van der Waals surface area contributed by atoms with E-state index in [2.05, 4.69) is 117 Å². The molecule has 6 aromatic carbocycles. The predicted octanol–water partition coefficient (Wildman–Crippen LogP) is 10.6. The van der Waals surface area contributed by atoms with Crippen molar-refractivity contribution in [2.24, 2.45) is 0 Å². The van der Waals surface area contributed by atoms with Crippen molar-refractivity contribution in [2.45, 2.75) is 20.8 Å². The first-order valence-electron chi connectivity index (χ1n) is 13.7. The molecule has 40 heavy (non-hydrogen) atoms. The smallest absolute Gasteiger partial charge is 0.0971 e. The van der Waals surface area contributed by atoms with Gasteiger partial charge in [0.25, 0.3) is 0 Å². The van der Waals surface area contributed by atoms with Gasteiger partial charge in [-0.2, -0.15) is 0 Å². The molecule has 0 fully saturated rings. The second-order valence-corrected chi connectivity index (χ2v) is 11.9. The third-order valence-electron chi connectivity index (χ3n) is 8.12. The third kappa shape index (κ3) is 3.48. The lowest BCUT2D eigenvalue weighted by Gasteiger charge is -2.11. The third-order valence-corrected chi connectivity index (χ3v) is 9.51. The Hall–Kier alpha value is -4.60. The van der Waals surface area contributed by atoms with Gasteiger partial charge in [0.2, 0.25) is 0 Å². The van der Waals surface area contributed by atoms with E-state index in [1.165, 1.54) is 69.9 Å². The summed E-state index contributed by atoms with van der Waals surface area (Å²) >= 11 is 1.92. The molecule has 0 spiro atoms. The van der Waals surface area contributed by atoms with Crippen LogP contribution in [0.1, 0.15) is 16.7 Å². The summed E-state index contributed by atoms with van der Waals surface area (Å²) in [6.07, 6.45) is 3.56. The van der Waals surface area contributed by atoms with E-state index in [4.69, 9.17) is 4.98 Å². The molecule has 3 heteroatoms. The number of benzene rings is 6. The molecular formula is C37H26N2S. The fourth-order valence-corrected chi connectivity index (χ4v) is 7.61. The highest BCUT2D eigenvalue weighted by atomic mass is 32.1. The molecule has 0 atom stereocenters. The fraction of sp³-hybridized carbons (Fsp3) is 0.0811. The van der Waals surface area contributed by atoms with Gasteiger partial charge in [0.1, 0.15) is 0 Å². The van der Waals surface area contributed by atoms with Crippen LogP contribution in [-0.4, -0.2) is 9.97 Å². The number of rotatable bonds is 2. The fourth-order valence-electron chi connectivity index (χ4n) is 6.34. The van der Waals surface area contributed by atoms with E-state index in [0.29, 0.717) is 0 Å². The minimum atomic E-state index is 0.954. The van der Waals surface area contributed by atoms with Gasteiger partial charge in [-0.05, 0) is 89.2 Å². The summed E-state index contributed by atoms with van der Waals surface area (Å²) in [5.41, 5.74) is 10.9.